The molecule has 2 unspecified atom stereocenters. The highest BCUT2D eigenvalue weighted by Gasteiger charge is 2.22. The largest absolute Gasteiger partial charge is 0.373 e. The summed E-state index contributed by atoms with van der Waals surface area (Å²) in [5.41, 5.74) is 5.75. The van der Waals surface area contributed by atoms with Gasteiger partial charge in [-0.1, -0.05) is 36.4 Å². The van der Waals surface area contributed by atoms with Crippen LogP contribution in [0.15, 0.2) is 48.5 Å². The van der Waals surface area contributed by atoms with Gasteiger partial charge in [-0.2, -0.15) is 0 Å². The highest BCUT2D eigenvalue weighted by atomic mass is 16.5. The molecule has 2 aliphatic rings. The van der Waals surface area contributed by atoms with Gasteiger partial charge in [0, 0.05) is 31.0 Å². The maximum absolute atomic E-state index is 5.86. The Kier molecular flexibility index (Phi) is 5.80. The molecule has 0 bridgehead atoms. The zero-order chi connectivity index (χ0) is 18.6. The van der Waals surface area contributed by atoms with Crippen LogP contribution in [0.25, 0.3) is 0 Å². The van der Waals surface area contributed by atoms with Crippen molar-refractivity contribution in [2.75, 3.05) is 31.1 Å². The van der Waals surface area contributed by atoms with Gasteiger partial charge in [0.05, 0.1) is 12.2 Å². The molecule has 2 aromatic rings. The molecule has 3 nitrogen and oxygen atoms in total. The van der Waals surface area contributed by atoms with Crippen molar-refractivity contribution >= 4 is 11.4 Å². The molecule has 144 valence electrons. The number of para-hydroxylation sites is 2. The topological polar surface area (TPSA) is 15.7 Å². The molecule has 0 aliphatic carbocycles. The summed E-state index contributed by atoms with van der Waals surface area (Å²) < 4.78 is 5.86. The van der Waals surface area contributed by atoms with Gasteiger partial charge in [0.15, 0.2) is 0 Å². The van der Waals surface area contributed by atoms with E-state index in [9.17, 15) is 0 Å². The second kappa shape index (κ2) is 8.45. The van der Waals surface area contributed by atoms with E-state index in [-0.39, 0.29) is 0 Å². The smallest absolute Gasteiger partial charge is 0.0678 e. The minimum atomic E-state index is 0.359. The van der Waals surface area contributed by atoms with Gasteiger partial charge in [0.1, 0.15) is 0 Å². The van der Waals surface area contributed by atoms with Gasteiger partial charge in [-0.15, -0.1) is 0 Å². The SMILES string of the molecule is CC1CN(CCCCN2c3ccccc3CCc3ccccc32)CC(C)O1. The van der Waals surface area contributed by atoms with E-state index in [1.54, 1.807) is 0 Å². The summed E-state index contributed by atoms with van der Waals surface area (Å²) in [4.78, 5) is 5.13. The number of anilines is 2. The van der Waals surface area contributed by atoms with Crippen molar-refractivity contribution in [2.45, 2.75) is 51.7 Å². The number of fused-ring (bicyclic) bond motifs is 2. The van der Waals surface area contributed by atoms with Gasteiger partial charge in [0.2, 0.25) is 0 Å². The van der Waals surface area contributed by atoms with Crippen molar-refractivity contribution < 1.29 is 4.74 Å². The minimum absolute atomic E-state index is 0.359. The molecule has 1 saturated heterocycles. The summed E-state index contributed by atoms with van der Waals surface area (Å²) in [5.74, 6) is 0. The number of ether oxygens (including phenoxy) is 1. The summed E-state index contributed by atoms with van der Waals surface area (Å²) in [6.07, 6.45) is 5.43. The molecular weight excluding hydrogens is 332 g/mol. The standard InChI is InChI=1S/C24H32N2O/c1-19-17-25(18-20(2)27-19)15-7-8-16-26-23-11-5-3-9-21(23)13-14-22-10-4-6-12-24(22)26/h3-6,9-12,19-20H,7-8,13-18H2,1-2H3. The lowest BCUT2D eigenvalue weighted by molar-refractivity contribution is -0.0681. The minimum Gasteiger partial charge on any atom is -0.373 e. The normalized spacial score (nSPS) is 22.8. The maximum Gasteiger partial charge on any atom is 0.0678 e. The molecule has 0 amide bonds. The van der Waals surface area contributed by atoms with Crippen LogP contribution in [-0.4, -0.2) is 43.3 Å². The van der Waals surface area contributed by atoms with E-state index >= 15 is 0 Å². The first kappa shape index (κ1) is 18.5. The molecule has 3 heteroatoms. The summed E-state index contributed by atoms with van der Waals surface area (Å²) in [5, 5.41) is 0. The number of hydrogen-bond donors (Lipinski definition) is 0. The first-order valence-electron chi connectivity index (χ1n) is 10.5. The van der Waals surface area contributed by atoms with Crippen molar-refractivity contribution in [3.63, 3.8) is 0 Å². The number of unbranched alkanes of at least 4 members (excludes halogenated alkanes) is 1. The van der Waals surface area contributed by atoms with Crippen molar-refractivity contribution in [1.82, 2.24) is 4.90 Å². The Morgan fingerprint density at radius 1 is 0.778 bits per heavy atom. The Labute approximate surface area is 163 Å². The molecule has 0 aromatic heterocycles. The highest BCUT2D eigenvalue weighted by molar-refractivity contribution is 5.71. The third kappa shape index (κ3) is 4.36. The summed E-state index contributed by atoms with van der Waals surface area (Å²) in [7, 11) is 0. The molecule has 2 aliphatic heterocycles. The summed E-state index contributed by atoms with van der Waals surface area (Å²) >= 11 is 0. The van der Waals surface area contributed by atoms with Crippen molar-refractivity contribution in [3.05, 3.63) is 59.7 Å². The van der Waals surface area contributed by atoms with Crippen molar-refractivity contribution in [3.8, 4) is 0 Å². The lowest BCUT2D eigenvalue weighted by Crippen LogP contribution is -2.45. The third-order valence-corrected chi connectivity index (χ3v) is 5.83. The number of rotatable bonds is 5. The van der Waals surface area contributed by atoms with Gasteiger partial charge in [0.25, 0.3) is 0 Å². The molecule has 2 aromatic carbocycles. The fourth-order valence-corrected chi connectivity index (χ4v) is 4.68. The lowest BCUT2D eigenvalue weighted by atomic mass is 10.0. The average Bonchev–Trinajstić information content (AvgIpc) is 2.82. The van der Waals surface area contributed by atoms with E-state index < -0.39 is 0 Å². The fraction of sp³-hybridized carbons (Fsp3) is 0.500. The molecule has 27 heavy (non-hydrogen) atoms. The number of benzene rings is 2. The van der Waals surface area contributed by atoms with E-state index in [0.717, 1.165) is 32.5 Å². The zero-order valence-electron chi connectivity index (χ0n) is 16.7. The monoisotopic (exact) mass is 364 g/mol. The second-order valence-electron chi connectivity index (χ2n) is 8.13. The first-order chi connectivity index (χ1) is 13.2. The predicted octanol–water partition coefficient (Wildman–Crippen LogP) is 4.81. The second-order valence-corrected chi connectivity index (χ2v) is 8.13. The van der Waals surface area contributed by atoms with Crippen LogP contribution in [0.3, 0.4) is 0 Å². The third-order valence-electron chi connectivity index (χ3n) is 5.83. The van der Waals surface area contributed by atoms with Crippen LogP contribution in [0, 0.1) is 0 Å². The molecule has 0 saturated carbocycles. The Balaban J connectivity index is 1.42. The first-order valence-corrected chi connectivity index (χ1v) is 10.5. The Morgan fingerprint density at radius 3 is 1.89 bits per heavy atom. The number of aryl methyl sites for hydroxylation is 2. The maximum atomic E-state index is 5.86. The van der Waals surface area contributed by atoms with E-state index in [1.807, 2.05) is 0 Å². The van der Waals surface area contributed by atoms with Crippen LogP contribution in [-0.2, 0) is 17.6 Å². The van der Waals surface area contributed by atoms with Crippen molar-refractivity contribution in [2.24, 2.45) is 0 Å². The number of hydrogen-bond acceptors (Lipinski definition) is 3. The van der Waals surface area contributed by atoms with Gasteiger partial charge >= 0.3 is 0 Å². The molecule has 0 N–H and O–H groups in total. The Bertz CT molecular complexity index is 702. The predicted molar refractivity (Wildman–Crippen MR) is 113 cm³/mol. The van der Waals surface area contributed by atoms with E-state index in [2.05, 4.69) is 72.2 Å². The summed E-state index contributed by atoms with van der Waals surface area (Å²) in [6, 6.07) is 17.9. The van der Waals surface area contributed by atoms with Gasteiger partial charge < -0.3 is 9.64 Å². The van der Waals surface area contributed by atoms with Crippen LogP contribution in [0.5, 0.6) is 0 Å². The number of nitrogens with zero attached hydrogens (tertiary/aromatic N) is 2. The number of morpholine rings is 1. The van der Waals surface area contributed by atoms with Gasteiger partial charge in [-0.25, -0.2) is 0 Å². The molecule has 4 rings (SSSR count). The van der Waals surface area contributed by atoms with Crippen LogP contribution >= 0.6 is 0 Å². The molecule has 2 heterocycles. The van der Waals surface area contributed by atoms with Crippen LogP contribution in [0.2, 0.25) is 0 Å². The van der Waals surface area contributed by atoms with E-state index in [4.69, 9.17) is 4.74 Å². The van der Waals surface area contributed by atoms with Crippen LogP contribution in [0.1, 0.15) is 37.8 Å². The summed E-state index contributed by atoms with van der Waals surface area (Å²) in [6.45, 7) is 8.78. The lowest BCUT2D eigenvalue weighted by Gasteiger charge is -2.35. The molecule has 0 radical (unpaired) electrons. The Hall–Kier alpha value is -1.84. The van der Waals surface area contributed by atoms with Crippen LogP contribution < -0.4 is 4.90 Å². The zero-order valence-corrected chi connectivity index (χ0v) is 16.7. The molecule has 1 fully saturated rings. The molecular formula is C24H32N2O. The van der Waals surface area contributed by atoms with Crippen LogP contribution in [0.4, 0.5) is 11.4 Å². The van der Waals surface area contributed by atoms with E-state index in [1.165, 1.54) is 41.9 Å². The van der Waals surface area contributed by atoms with Gasteiger partial charge in [-0.3, -0.25) is 4.90 Å². The quantitative estimate of drug-likeness (QED) is 0.708. The van der Waals surface area contributed by atoms with Gasteiger partial charge in [-0.05, 0) is 69.3 Å². The average molecular weight is 365 g/mol. The highest BCUT2D eigenvalue weighted by Crippen LogP contribution is 2.36. The van der Waals surface area contributed by atoms with Crippen molar-refractivity contribution in [1.29, 1.82) is 0 Å². The molecule has 0 spiro atoms. The fourth-order valence-electron chi connectivity index (χ4n) is 4.68. The van der Waals surface area contributed by atoms with E-state index in [0.29, 0.717) is 12.2 Å². The molecule has 2 atom stereocenters. The Morgan fingerprint density at radius 2 is 1.30 bits per heavy atom.